The van der Waals surface area contributed by atoms with Crippen LogP contribution in [0.5, 0.6) is 5.75 Å². The number of ether oxygens (including phenoxy) is 2. The number of unbranched alkanes of at least 4 members (excludes halogenated alkanes) is 3. The summed E-state index contributed by atoms with van der Waals surface area (Å²) in [6.45, 7) is 5.70. The summed E-state index contributed by atoms with van der Waals surface area (Å²) in [5.74, 6) is -0.138. The highest BCUT2D eigenvalue weighted by Gasteiger charge is 2.16. The number of aromatic nitrogens is 1. The van der Waals surface area contributed by atoms with E-state index in [2.05, 4.69) is 19.2 Å². The predicted octanol–water partition coefficient (Wildman–Crippen LogP) is 5.67. The molecule has 7 heteroatoms. The molecule has 3 rings (SSSR count). The Labute approximate surface area is 207 Å². The first kappa shape index (κ1) is 26.2. The van der Waals surface area contributed by atoms with Crippen LogP contribution in [0.2, 0.25) is 0 Å². The number of carbonyl (C=O) groups excluding carboxylic acids is 1. The van der Waals surface area contributed by atoms with Crippen molar-refractivity contribution in [2.75, 3.05) is 13.2 Å². The number of fused-ring (bicyclic) bond motifs is 1. The topological polar surface area (TPSA) is 110 Å². The Bertz CT molecular complexity index is 1130. The molecular weight excluding hydrogens is 440 g/mol. The van der Waals surface area contributed by atoms with Crippen molar-refractivity contribution >= 4 is 22.8 Å². The second-order valence-corrected chi connectivity index (χ2v) is 8.67. The van der Waals surface area contributed by atoms with Crippen molar-refractivity contribution in [2.45, 2.75) is 58.5 Å². The molecule has 3 aromatic rings. The summed E-state index contributed by atoms with van der Waals surface area (Å²) in [5, 5.41) is 10.5. The molecule has 35 heavy (non-hydrogen) atoms. The molecule has 0 aliphatic carbocycles. The van der Waals surface area contributed by atoms with Crippen LogP contribution >= 0.6 is 0 Å². The van der Waals surface area contributed by atoms with Crippen LogP contribution in [0, 0.1) is 5.41 Å². The predicted molar refractivity (Wildman–Crippen MR) is 141 cm³/mol. The molecule has 0 aliphatic rings. The molecule has 1 amide bonds. The maximum absolute atomic E-state index is 12.7. The number of para-hydroxylation sites is 2. The quantitative estimate of drug-likeness (QED) is 0.167. The lowest BCUT2D eigenvalue weighted by Crippen LogP contribution is -2.35. The molecule has 1 aromatic heterocycles. The van der Waals surface area contributed by atoms with Gasteiger partial charge in [0, 0.05) is 17.6 Å². The van der Waals surface area contributed by atoms with E-state index < -0.39 is 11.9 Å². The number of pyridine rings is 1. The Morgan fingerprint density at radius 1 is 1.06 bits per heavy atom. The fourth-order valence-electron chi connectivity index (χ4n) is 3.94. The van der Waals surface area contributed by atoms with Gasteiger partial charge >= 0.3 is 0 Å². The first-order chi connectivity index (χ1) is 17.0. The normalized spacial score (nSPS) is 11.8. The molecule has 0 saturated carbocycles. The average Bonchev–Trinajstić information content (AvgIpc) is 2.85. The Balaban J connectivity index is 1.69. The van der Waals surface area contributed by atoms with Crippen LogP contribution < -0.4 is 15.8 Å². The van der Waals surface area contributed by atoms with Crippen LogP contribution in [0.4, 0.5) is 0 Å². The van der Waals surface area contributed by atoms with Gasteiger partial charge in [-0.05, 0) is 50.5 Å². The zero-order valence-electron chi connectivity index (χ0n) is 20.7. The zero-order chi connectivity index (χ0) is 25.0. The Morgan fingerprint density at radius 2 is 1.83 bits per heavy atom. The minimum Gasteiger partial charge on any atom is -0.493 e. The highest BCUT2D eigenvalue weighted by molar-refractivity contribution is 6.12. The molecule has 1 atom stereocenters. The van der Waals surface area contributed by atoms with Crippen molar-refractivity contribution in [1.29, 1.82) is 5.41 Å². The minimum absolute atomic E-state index is 0.208. The van der Waals surface area contributed by atoms with Gasteiger partial charge in [-0.3, -0.25) is 15.5 Å². The van der Waals surface area contributed by atoms with E-state index in [0.29, 0.717) is 34.5 Å². The number of carbonyl (C=O) groups is 1. The van der Waals surface area contributed by atoms with Crippen LogP contribution in [0.1, 0.15) is 62.7 Å². The highest BCUT2D eigenvalue weighted by atomic mass is 16.5. The number of nitrogens with zero attached hydrogens (tertiary/aromatic N) is 1. The van der Waals surface area contributed by atoms with Gasteiger partial charge in [0.25, 0.3) is 5.91 Å². The van der Waals surface area contributed by atoms with E-state index in [9.17, 15) is 4.79 Å². The third-order valence-corrected chi connectivity index (χ3v) is 5.78. The third kappa shape index (κ3) is 7.79. The molecule has 4 N–H and O–H groups in total. The van der Waals surface area contributed by atoms with E-state index in [1.54, 1.807) is 6.07 Å². The first-order valence-corrected chi connectivity index (χ1v) is 12.4. The number of guanidine groups is 1. The van der Waals surface area contributed by atoms with Crippen molar-refractivity contribution in [3.8, 4) is 17.0 Å². The molecule has 2 aromatic carbocycles. The van der Waals surface area contributed by atoms with Crippen molar-refractivity contribution in [2.24, 2.45) is 5.73 Å². The molecule has 1 heterocycles. The van der Waals surface area contributed by atoms with E-state index in [1.165, 1.54) is 19.3 Å². The molecule has 0 spiro atoms. The summed E-state index contributed by atoms with van der Waals surface area (Å²) in [4.78, 5) is 17.5. The van der Waals surface area contributed by atoms with Gasteiger partial charge in [-0.25, -0.2) is 4.98 Å². The standard InChI is InChI=1S/C28H36N4O3/c1-3-4-5-10-17-34-20(2)12-11-18-35-26-16-9-7-14-22(26)25-19-23(27(33)32-28(29)30)21-13-6-8-15-24(21)31-25/h6-9,13-16,19-20H,3-5,10-12,17-18H2,1-2H3,(H4,29,30,32,33). The second-order valence-electron chi connectivity index (χ2n) is 8.67. The summed E-state index contributed by atoms with van der Waals surface area (Å²) in [6, 6.07) is 16.8. The lowest BCUT2D eigenvalue weighted by atomic mass is 10.0. The van der Waals surface area contributed by atoms with E-state index in [-0.39, 0.29) is 6.10 Å². The van der Waals surface area contributed by atoms with Crippen LogP contribution in [0.25, 0.3) is 22.2 Å². The van der Waals surface area contributed by atoms with Crippen LogP contribution in [0.3, 0.4) is 0 Å². The maximum Gasteiger partial charge on any atom is 0.258 e. The molecule has 1 unspecified atom stereocenters. The summed E-state index contributed by atoms with van der Waals surface area (Å²) in [7, 11) is 0. The van der Waals surface area contributed by atoms with E-state index in [4.69, 9.17) is 25.6 Å². The second kappa shape index (κ2) is 13.4. The number of hydrogen-bond acceptors (Lipinski definition) is 5. The summed E-state index contributed by atoms with van der Waals surface area (Å²) in [5.41, 5.74) is 7.90. The molecular formula is C28H36N4O3. The maximum atomic E-state index is 12.7. The fraction of sp³-hybridized carbons (Fsp3) is 0.393. The molecule has 0 aliphatic heterocycles. The molecule has 7 nitrogen and oxygen atoms in total. The highest BCUT2D eigenvalue weighted by Crippen LogP contribution is 2.31. The van der Waals surface area contributed by atoms with Gasteiger partial charge in [-0.1, -0.05) is 56.5 Å². The molecule has 0 radical (unpaired) electrons. The van der Waals surface area contributed by atoms with E-state index >= 15 is 0 Å². The van der Waals surface area contributed by atoms with E-state index in [0.717, 1.165) is 31.4 Å². The minimum atomic E-state index is -0.445. The van der Waals surface area contributed by atoms with Gasteiger partial charge in [0.2, 0.25) is 0 Å². The van der Waals surface area contributed by atoms with Gasteiger partial charge in [0.15, 0.2) is 5.96 Å². The third-order valence-electron chi connectivity index (χ3n) is 5.78. The number of hydrogen-bond donors (Lipinski definition) is 3. The van der Waals surface area contributed by atoms with Crippen LogP contribution in [0.15, 0.2) is 54.6 Å². The van der Waals surface area contributed by atoms with Gasteiger partial charge in [-0.2, -0.15) is 0 Å². The van der Waals surface area contributed by atoms with Crippen molar-refractivity contribution in [3.63, 3.8) is 0 Å². The summed E-state index contributed by atoms with van der Waals surface area (Å²) in [6.07, 6.45) is 6.86. The Morgan fingerprint density at radius 3 is 2.63 bits per heavy atom. The number of rotatable bonds is 13. The number of amides is 1. The molecule has 0 fully saturated rings. The number of nitrogens with two attached hydrogens (primary N) is 1. The molecule has 0 bridgehead atoms. The van der Waals surface area contributed by atoms with Crippen LogP contribution in [-0.2, 0) is 4.74 Å². The lowest BCUT2D eigenvalue weighted by Gasteiger charge is -2.15. The SMILES string of the molecule is CCCCCCOC(C)CCCOc1ccccc1-c1cc(C(=O)NC(=N)N)c2ccccc2n1. The Kier molecular flexibility index (Phi) is 10.0. The Hall–Kier alpha value is -3.45. The largest absolute Gasteiger partial charge is 0.493 e. The molecule has 0 saturated heterocycles. The van der Waals surface area contributed by atoms with Crippen molar-refractivity contribution in [3.05, 3.63) is 60.2 Å². The monoisotopic (exact) mass is 476 g/mol. The van der Waals surface area contributed by atoms with Gasteiger partial charge in [-0.15, -0.1) is 0 Å². The van der Waals surface area contributed by atoms with Crippen molar-refractivity contribution in [1.82, 2.24) is 10.3 Å². The smallest absolute Gasteiger partial charge is 0.258 e. The van der Waals surface area contributed by atoms with E-state index in [1.807, 2.05) is 48.5 Å². The molecule has 186 valence electrons. The van der Waals surface area contributed by atoms with Gasteiger partial charge in [0.05, 0.1) is 29.5 Å². The number of benzene rings is 2. The van der Waals surface area contributed by atoms with Crippen LogP contribution in [-0.4, -0.2) is 36.2 Å². The summed E-state index contributed by atoms with van der Waals surface area (Å²) < 4.78 is 12.0. The number of nitrogens with one attached hydrogen (secondary N) is 2. The van der Waals surface area contributed by atoms with Gasteiger partial charge < -0.3 is 15.2 Å². The van der Waals surface area contributed by atoms with Gasteiger partial charge in [0.1, 0.15) is 5.75 Å². The zero-order valence-corrected chi connectivity index (χ0v) is 20.7. The average molecular weight is 477 g/mol. The van der Waals surface area contributed by atoms with Crippen molar-refractivity contribution < 1.29 is 14.3 Å². The summed E-state index contributed by atoms with van der Waals surface area (Å²) >= 11 is 0. The lowest BCUT2D eigenvalue weighted by molar-refractivity contribution is 0.0535. The first-order valence-electron chi connectivity index (χ1n) is 12.4. The fourth-order valence-corrected chi connectivity index (χ4v) is 3.94.